The van der Waals surface area contributed by atoms with Gasteiger partial charge in [-0.15, -0.1) is 0 Å². The Morgan fingerprint density at radius 2 is 1.63 bits per heavy atom. The van der Waals surface area contributed by atoms with Crippen LogP contribution < -0.4 is 24.3 Å². The zero-order valence-electron chi connectivity index (χ0n) is 16.8. The third-order valence-corrected chi connectivity index (χ3v) is 5.04. The smallest absolute Gasteiger partial charge is 0.342 e. The van der Waals surface area contributed by atoms with Crippen LogP contribution in [0.15, 0.2) is 30.3 Å². The van der Waals surface area contributed by atoms with Crippen LogP contribution in [0.25, 0.3) is 10.2 Å². The minimum atomic E-state index is -0.739. The summed E-state index contributed by atoms with van der Waals surface area (Å²) in [6, 6.07) is 8.34. The van der Waals surface area contributed by atoms with Gasteiger partial charge in [-0.2, -0.15) is 0 Å². The fourth-order valence-electron chi connectivity index (χ4n) is 2.64. The maximum Gasteiger partial charge on any atom is 0.342 e. The van der Waals surface area contributed by atoms with Crippen LogP contribution in [0, 0.1) is 0 Å². The first-order valence-electron chi connectivity index (χ1n) is 8.70. The lowest BCUT2D eigenvalue weighted by molar-refractivity contribution is -0.119. The largest absolute Gasteiger partial charge is 0.497 e. The number of rotatable bonds is 8. The molecule has 1 N–H and O–H groups in total. The first-order valence-corrected chi connectivity index (χ1v) is 9.52. The molecule has 10 heteroatoms. The molecule has 0 aliphatic rings. The van der Waals surface area contributed by atoms with Gasteiger partial charge >= 0.3 is 5.97 Å². The quantitative estimate of drug-likeness (QED) is 0.542. The summed E-state index contributed by atoms with van der Waals surface area (Å²) in [6.45, 7) is -0.490. The Kier molecular flexibility index (Phi) is 6.58. The number of hydrogen-bond donors (Lipinski definition) is 1. The van der Waals surface area contributed by atoms with E-state index in [1.54, 1.807) is 19.2 Å². The van der Waals surface area contributed by atoms with E-state index in [0.717, 1.165) is 10.2 Å². The number of hydrogen-bond acceptors (Lipinski definition) is 9. The maximum absolute atomic E-state index is 12.5. The molecule has 1 amide bonds. The number of carbonyl (C=O) groups is 2. The van der Waals surface area contributed by atoms with Crippen molar-refractivity contribution in [1.29, 1.82) is 0 Å². The molecule has 158 valence electrons. The van der Waals surface area contributed by atoms with Crippen LogP contribution >= 0.6 is 11.3 Å². The van der Waals surface area contributed by atoms with E-state index in [-0.39, 0.29) is 11.3 Å². The monoisotopic (exact) mass is 432 g/mol. The van der Waals surface area contributed by atoms with Crippen LogP contribution in [0.4, 0.5) is 5.13 Å². The molecule has 1 heterocycles. The Hall–Kier alpha value is -3.53. The summed E-state index contributed by atoms with van der Waals surface area (Å²) >= 11 is 1.29. The lowest BCUT2D eigenvalue weighted by Gasteiger charge is -2.13. The van der Waals surface area contributed by atoms with Crippen LogP contribution in [0.3, 0.4) is 0 Å². The number of thiazole rings is 1. The summed E-state index contributed by atoms with van der Waals surface area (Å²) in [5, 5.41) is 3.01. The van der Waals surface area contributed by atoms with Gasteiger partial charge in [0.25, 0.3) is 5.91 Å². The van der Waals surface area contributed by atoms with Crippen molar-refractivity contribution in [3.8, 4) is 23.0 Å². The minimum Gasteiger partial charge on any atom is -0.497 e. The topological polar surface area (TPSA) is 105 Å². The van der Waals surface area contributed by atoms with Crippen molar-refractivity contribution in [2.75, 3.05) is 40.4 Å². The standard InChI is InChI=1S/C20H20N2O7S/c1-25-11-5-6-13-17(7-11)30-20(21-13)22-18(23)10-29-19(24)12-8-15(27-3)16(28-4)9-14(12)26-2/h5-9H,10H2,1-4H3,(H,21,22,23). The summed E-state index contributed by atoms with van der Waals surface area (Å²) in [5.41, 5.74) is 0.832. The predicted octanol–water partition coefficient (Wildman–Crippen LogP) is 3.13. The van der Waals surface area contributed by atoms with Gasteiger partial charge in [-0.1, -0.05) is 11.3 Å². The van der Waals surface area contributed by atoms with Crippen LogP contribution in [0.2, 0.25) is 0 Å². The van der Waals surface area contributed by atoms with E-state index in [9.17, 15) is 9.59 Å². The zero-order chi connectivity index (χ0) is 21.7. The van der Waals surface area contributed by atoms with Crippen molar-refractivity contribution in [2.45, 2.75) is 0 Å². The molecule has 0 atom stereocenters. The highest BCUT2D eigenvalue weighted by Crippen LogP contribution is 2.35. The first kappa shape index (κ1) is 21.2. The normalized spacial score (nSPS) is 10.4. The predicted molar refractivity (Wildman–Crippen MR) is 111 cm³/mol. The Morgan fingerprint density at radius 3 is 2.30 bits per heavy atom. The van der Waals surface area contributed by atoms with Gasteiger partial charge in [-0.05, 0) is 18.2 Å². The number of nitrogens with zero attached hydrogens (tertiary/aromatic N) is 1. The molecule has 9 nitrogen and oxygen atoms in total. The van der Waals surface area contributed by atoms with Gasteiger partial charge in [-0.3, -0.25) is 10.1 Å². The number of anilines is 1. The molecule has 0 saturated heterocycles. The summed E-state index contributed by atoms with van der Waals surface area (Å²) in [7, 11) is 5.90. The van der Waals surface area contributed by atoms with Crippen molar-refractivity contribution >= 4 is 38.6 Å². The average molecular weight is 432 g/mol. The molecule has 2 aromatic carbocycles. The lowest BCUT2D eigenvalue weighted by atomic mass is 10.1. The van der Waals surface area contributed by atoms with Gasteiger partial charge in [-0.25, -0.2) is 9.78 Å². The average Bonchev–Trinajstić information content (AvgIpc) is 3.17. The van der Waals surface area contributed by atoms with Crippen molar-refractivity contribution in [3.63, 3.8) is 0 Å². The maximum atomic E-state index is 12.5. The Balaban J connectivity index is 1.66. The van der Waals surface area contributed by atoms with Crippen LogP contribution in [-0.2, 0) is 9.53 Å². The van der Waals surface area contributed by atoms with E-state index >= 15 is 0 Å². The van der Waals surface area contributed by atoms with E-state index in [1.165, 1.54) is 44.8 Å². The fourth-order valence-corrected chi connectivity index (χ4v) is 3.55. The number of fused-ring (bicyclic) bond motifs is 1. The van der Waals surface area contributed by atoms with Crippen LogP contribution in [0.1, 0.15) is 10.4 Å². The zero-order valence-corrected chi connectivity index (χ0v) is 17.6. The molecule has 0 radical (unpaired) electrons. The number of ether oxygens (including phenoxy) is 5. The van der Waals surface area contributed by atoms with Crippen molar-refractivity contribution in [3.05, 3.63) is 35.9 Å². The molecular weight excluding hydrogens is 412 g/mol. The van der Waals surface area contributed by atoms with E-state index in [0.29, 0.717) is 22.4 Å². The molecule has 0 spiro atoms. The SMILES string of the molecule is COc1ccc2nc(NC(=O)COC(=O)c3cc(OC)c(OC)cc3OC)sc2c1. The van der Waals surface area contributed by atoms with Gasteiger partial charge < -0.3 is 23.7 Å². The molecule has 0 saturated carbocycles. The van der Waals surface area contributed by atoms with E-state index in [1.807, 2.05) is 6.07 Å². The molecule has 0 aliphatic carbocycles. The number of aromatic nitrogens is 1. The highest BCUT2D eigenvalue weighted by atomic mass is 32.1. The number of benzene rings is 2. The van der Waals surface area contributed by atoms with Gasteiger partial charge in [0.2, 0.25) is 0 Å². The number of nitrogens with one attached hydrogen (secondary N) is 1. The van der Waals surface area contributed by atoms with E-state index in [2.05, 4.69) is 10.3 Å². The third kappa shape index (κ3) is 4.54. The Labute approximate surface area is 176 Å². The van der Waals surface area contributed by atoms with E-state index in [4.69, 9.17) is 23.7 Å². The molecule has 0 bridgehead atoms. The lowest BCUT2D eigenvalue weighted by Crippen LogP contribution is -2.21. The number of esters is 1. The van der Waals surface area contributed by atoms with Crippen LogP contribution in [0.5, 0.6) is 23.0 Å². The highest BCUT2D eigenvalue weighted by Gasteiger charge is 2.20. The molecule has 0 fully saturated rings. The molecule has 3 aromatic rings. The second-order valence-electron chi connectivity index (χ2n) is 5.88. The van der Waals surface area contributed by atoms with Gasteiger partial charge in [0.15, 0.2) is 23.2 Å². The Morgan fingerprint density at radius 1 is 0.933 bits per heavy atom. The fraction of sp³-hybridized carbons (Fsp3) is 0.250. The minimum absolute atomic E-state index is 0.107. The summed E-state index contributed by atoms with van der Waals surface area (Å²) in [4.78, 5) is 29.0. The number of amides is 1. The number of methoxy groups -OCH3 is 4. The summed E-state index contributed by atoms with van der Waals surface area (Å²) in [5.74, 6) is 0.404. The molecule has 0 unspecified atom stereocenters. The van der Waals surface area contributed by atoms with E-state index < -0.39 is 18.5 Å². The second kappa shape index (κ2) is 9.31. The van der Waals surface area contributed by atoms with Crippen molar-refractivity contribution in [2.24, 2.45) is 0 Å². The molecule has 0 aliphatic heterocycles. The molecule has 1 aromatic heterocycles. The highest BCUT2D eigenvalue weighted by molar-refractivity contribution is 7.22. The molecule has 30 heavy (non-hydrogen) atoms. The number of carbonyl (C=O) groups excluding carboxylic acids is 2. The van der Waals surface area contributed by atoms with Gasteiger partial charge in [0, 0.05) is 12.1 Å². The summed E-state index contributed by atoms with van der Waals surface area (Å²) in [6.07, 6.45) is 0. The molecule has 3 rings (SSSR count). The Bertz CT molecular complexity index is 1080. The second-order valence-corrected chi connectivity index (χ2v) is 6.92. The summed E-state index contributed by atoms with van der Waals surface area (Å²) < 4.78 is 26.7. The van der Waals surface area contributed by atoms with Gasteiger partial charge in [0.05, 0.1) is 38.7 Å². The first-order chi connectivity index (χ1) is 14.5. The third-order valence-electron chi connectivity index (χ3n) is 4.10. The van der Waals surface area contributed by atoms with Gasteiger partial charge in [0.1, 0.15) is 17.1 Å². The van der Waals surface area contributed by atoms with Crippen molar-refractivity contribution in [1.82, 2.24) is 4.98 Å². The molecular formula is C20H20N2O7S. The van der Waals surface area contributed by atoms with Crippen LogP contribution in [-0.4, -0.2) is 51.9 Å². The van der Waals surface area contributed by atoms with Crippen molar-refractivity contribution < 1.29 is 33.3 Å².